The first-order valence-electron chi connectivity index (χ1n) is 10.1. The molecule has 0 saturated carbocycles. The molecule has 1 unspecified atom stereocenters. The summed E-state index contributed by atoms with van der Waals surface area (Å²) in [4.78, 5) is 33.4. The lowest BCUT2D eigenvalue weighted by Gasteiger charge is -2.21. The van der Waals surface area contributed by atoms with Crippen molar-refractivity contribution >= 4 is 23.3 Å². The van der Waals surface area contributed by atoms with Gasteiger partial charge in [0.05, 0.1) is 11.9 Å². The van der Waals surface area contributed by atoms with Crippen molar-refractivity contribution in [3.63, 3.8) is 0 Å². The molecule has 2 aliphatic heterocycles. The number of anilines is 1. The summed E-state index contributed by atoms with van der Waals surface area (Å²) >= 11 is 0. The van der Waals surface area contributed by atoms with E-state index in [9.17, 15) is 18.0 Å². The van der Waals surface area contributed by atoms with Gasteiger partial charge in [-0.05, 0) is 24.6 Å². The van der Waals surface area contributed by atoms with Gasteiger partial charge in [-0.1, -0.05) is 35.0 Å². The Morgan fingerprint density at radius 1 is 1.27 bits per heavy atom. The number of hydrogen-bond donors (Lipinski definition) is 2. The number of pyridine rings is 1. The van der Waals surface area contributed by atoms with Gasteiger partial charge in [-0.2, -0.15) is 13.2 Å². The van der Waals surface area contributed by atoms with Crippen molar-refractivity contribution in [2.45, 2.75) is 38.1 Å². The zero-order valence-electron chi connectivity index (χ0n) is 17.8. The molecule has 11 heteroatoms. The quantitative estimate of drug-likeness (QED) is 0.719. The van der Waals surface area contributed by atoms with E-state index in [1.165, 1.54) is 11.1 Å². The maximum Gasteiger partial charge on any atom is 0.490 e. The van der Waals surface area contributed by atoms with Crippen molar-refractivity contribution in [2.24, 2.45) is 5.16 Å². The summed E-state index contributed by atoms with van der Waals surface area (Å²) in [6.07, 6.45) is -0.374. The third-order valence-electron chi connectivity index (χ3n) is 5.15. The molecule has 1 aromatic carbocycles. The molecule has 3 heterocycles. The Hall–Kier alpha value is -3.47. The molecule has 8 nitrogen and oxygen atoms in total. The molecule has 176 valence electrons. The maximum absolute atomic E-state index is 12.4. The van der Waals surface area contributed by atoms with Crippen LogP contribution in [0, 0.1) is 6.92 Å². The number of carboxylic acid groups (broad SMARTS) is 1. The number of aromatic nitrogens is 1. The van der Waals surface area contributed by atoms with Gasteiger partial charge in [-0.3, -0.25) is 14.7 Å². The average Bonchev–Trinajstić information content (AvgIpc) is 3.35. The standard InChI is InChI=1S/C20H22N4O2.C2HF3O2/c1-15-4-2-5-16(10-15)13-24-9-7-20(14-24)11-18(23-26-20)19(25)22-17-6-3-8-21-12-17;3-2(4,5)1(6)7/h2-6,8,10,12H,7,9,11,13-14H2,1H3,(H,22,25);(H,6,7). The van der Waals surface area contributed by atoms with E-state index in [1.807, 2.05) is 0 Å². The van der Waals surface area contributed by atoms with Gasteiger partial charge in [0.1, 0.15) is 5.71 Å². The number of rotatable bonds is 4. The van der Waals surface area contributed by atoms with Crippen molar-refractivity contribution in [3.05, 3.63) is 59.9 Å². The Bertz CT molecular complexity index is 1030. The fourth-order valence-electron chi connectivity index (χ4n) is 3.63. The fourth-order valence-corrected chi connectivity index (χ4v) is 3.63. The van der Waals surface area contributed by atoms with Gasteiger partial charge in [0, 0.05) is 38.7 Å². The van der Waals surface area contributed by atoms with Crippen molar-refractivity contribution in [3.8, 4) is 0 Å². The predicted octanol–water partition coefficient (Wildman–Crippen LogP) is 3.38. The first kappa shape index (κ1) is 24.2. The van der Waals surface area contributed by atoms with Gasteiger partial charge in [0.2, 0.25) is 0 Å². The summed E-state index contributed by atoms with van der Waals surface area (Å²) in [5, 5.41) is 14.0. The van der Waals surface area contributed by atoms with Gasteiger partial charge >= 0.3 is 12.1 Å². The zero-order valence-corrected chi connectivity index (χ0v) is 17.8. The summed E-state index contributed by atoms with van der Waals surface area (Å²) < 4.78 is 31.7. The molecule has 33 heavy (non-hydrogen) atoms. The zero-order chi connectivity index (χ0) is 24.1. The van der Waals surface area contributed by atoms with Crippen LogP contribution in [0.2, 0.25) is 0 Å². The first-order valence-corrected chi connectivity index (χ1v) is 10.1. The number of nitrogens with zero attached hydrogens (tertiary/aromatic N) is 3. The topological polar surface area (TPSA) is 104 Å². The summed E-state index contributed by atoms with van der Waals surface area (Å²) in [6, 6.07) is 12.1. The molecule has 1 spiro atoms. The Labute approximate surface area is 188 Å². The SMILES string of the molecule is Cc1cccc(CN2CCC3(CC(C(=O)Nc4cccnc4)=NO3)C2)c1.O=C(O)C(F)(F)F. The van der Waals surface area contributed by atoms with Crippen molar-refractivity contribution < 1.29 is 32.7 Å². The lowest BCUT2D eigenvalue weighted by molar-refractivity contribution is -0.192. The molecule has 1 saturated heterocycles. The van der Waals surface area contributed by atoms with Crippen LogP contribution in [0.25, 0.3) is 0 Å². The van der Waals surface area contributed by atoms with Gasteiger partial charge in [-0.25, -0.2) is 4.79 Å². The third-order valence-corrected chi connectivity index (χ3v) is 5.15. The van der Waals surface area contributed by atoms with E-state index in [4.69, 9.17) is 14.7 Å². The second-order valence-electron chi connectivity index (χ2n) is 7.94. The number of oxime groups is 1. The van der Waals surface area contributed by atoms with Gasteiger partial charge in [0.25, 0.3) is 5.91 Å². The number of carbonyl (C=O) groups excluding carboxylic acids is 1. The number of likely N-dealkylation sites (tertiary alicyclic amines) is 1. The predicted molar refractivity (Wildman–Crippen MR) is 113 cm³/mol. The molecule has 2 N–H and O–H groups in total. The smallest absolute Gasteiger partial charge is 0.475 e. The molecule has 1 atom stereocenters. The molecule has 1 fully saturated rings. The highest BCUT2D eigenvalue weighted by atomic mass is 19.4. The minimum absolute atomic E-state index is 0.216. The summed E-state index contributed by atoms with van der Waals surface area (Å²) in [6.45, 7) is 4.73. The van der Waals surface area contributed by atoms with Crippen LogP contribution < -0.4 is 5.32 Å². The molecule has 4 rings (SSSR count). The van der Waals surface area contributed by atoms with Gasteiger partial charge in [0.15, 0.2) is 5.60 Å². The van der Waals surface area contributed by atoms with E-state index in [0.29, 0.717) is 17.8 Å². The van der Waals surface area contributed by atoms with Crippen LogP contribution in [-0.2, 0) is 21.0 Å². The molecule has 0 bridgehead atoms. The second-order valence-corrected chi connectivity index (χ2v) is 7.94. The lowest BCUT2D eigenvalue weighted by Crippen LogP contribution is -2.35. The van der Waals surface area contributed by atoms with E-state index in [1.54, 1.807) is 24.5 Å². The second kappa shape index (κ2) is 9.99. The number of alkyl halides is 3. The van der Waals surface area contributed by atoms with E-state index in [-0.39, 0.29) is 11.5 Å². The largest absolute Gasteiger partial charge is 0.490 e. The molecular formula is C22H23F3N4O4. The van der Waals surface area contributed by atoms with Crippen molar-refractivity contribution in [1.29, 1.82) is 0 Å². The van der Waals surface area contributed by atoms with E-state index in [2.05, 4.69) is 51.5 Å². The van der Waals surface area contributed by atoms with Crippen molar-refractivity contribution in [1.82, 2.24) is 9.88 Å². The van der Waals surface area contributed by atoms with Gasteiger partial charge < -0.3 is 15.3 Å². The highest BCUT2D eigenvalue weighted by Crippen LogP contribution is 2.34. The lowest BCUT2D eigenvalue weighted by atomic mass is 9.96. The average molecular weight is 464 g/mol. The number of aryl methyl sites for hydroxylation is 1. The number of nitrogens with one attached hydrogen (secondary N) is 1. The molecule has 2 aliphatic rings. The molecule has 1 aromatic heterocycles. The molecular weight excluding hydrogens is 441 g/mol. The van der Waals surface area contributed by atoms with Crippen LogP contribution >= 0.6 is 0 Å². The number of amides is 1. The fraction of sp³-hybridized carbons (Fsp3) is 0.364. The maximum atomic E-state index is 12.4. The van der Waals surface area contributed by atoms with Crippen LogP contribution in [-0.4, -0.2) is 57.4 Å². The number of carboxylic acids is 1. The van der Waals surface area contributed by atoms with Crippen LogP contribution in [0.5, 0.6) is 0 Å². The monoisotopic (exact) mass is 464 g/mol. The van der Waals surface area contributed by atoms with Crippen LogP contribution in [0.1, 0.15) is 24.0 Å². The summed E-state index contributed by atoms with van der Waals surface area (Å²) in [7, 11) is 0. The highest BCUT2D eigenvalue weighted by molar-refractivity contribution is 6.43. The highest BCUT2D eigenvalue weighted by Gasteiger charge is 2.46. The number of carbonyl (C=O) groups is 2. The Kier molecular flexibility index (Phi) is 7.32. The van der Waals surface area contributed by atoms with Crippen molar-refractivity contribution in [2.75, 3.05) is 18.4 Å². The van der Waals surface area contributed by atoms with E-state index in [0.717, 1.165) is 26.1 Å². The van der Waals surface area contributed by atoms with Crippen LogP contribution in [0.3, 0.4) is 0 Å². The number of benzene rings is 1. The Morgan fingerprint density at radius 2 is 2.03 bits per heavy atom. The van der Waals surface area contributed by atoms with Crippen LogP contribution in [0.4, 0.5) is 18.9 Å². The third kappa shape index (κ3) is 6.75. The Balaban J connectivity index is 0.000000383. The van der Waals surface area contributed by atoms with Gasteiger partial charge in [-0.15, -0.1) is 0 Å². The number of hydrogen-bond acceptors (Lipinski definition) is 6. The normalized spacial score (nSPS) is 19.9. The Morgan fingerprint density at radius 3 is 2.67 bits per heavy atom. The number of halogens is 3. The number of aliphatic carboxylic acids is 1. The summed E-state index contributed by atoms with van der Waals surface area (Å²) in [5.41, 5.74) is 3.31. The summed E-state index contributed by atoms with van der Waals surface area (Å²) in [5.74, 6) is -2.97. The molecule has 1 amide bonds. The molecule has 2 aromatic rings. The minimum atomic E-state index is -5.08. The van der Waals surface area contributed by atoms with E-state index >= 15 is 0 Å². The first-order chi connectivity index (χ1) is 15.6. The van der Waals surface area contributed by atoms with E-state index < -0.39 is 12.1 Å². The molecule has 0 radical (unpaired) electrons. The van der Waals surface area contributed by atoms with Crippen LogP contribution in [0.15, 0.2) is 53.9 Å². The minimum Gasteiger partial charge on any atom is -0.475 e. The molecule has 0 aliphatic carbocycles.